The summed E-state index contributed by atoms with van der Waals surface area (Å²) in [5.41, 5.74) is 2.98. The van der Waals surface area contributed by atoms with Crippen molar-refractivity contribution in [2.75, 3.05) is 20.2 Å². The molecule has 3 aromatic rings. The fourth-order valence-corrected chi connectivity index (χ4v) is 3.99. The van der Waals surface area contributed by atoms with Crippen molar-refractivity contribution >= 4 is 22.6 Å². The molecule has 2 heterocycles. The van der Waals surface area contributed by atoms with E-state index in [2.05, 4.69) is 11.4 Å². The molecule has 0 bridgehead atoms. The fourth-order valence-electron chi connectivity index (χ4n) is 3.71. The third-order valence-corrected chi connectivity index (χ3v) is 5.34. The number of fused-ring (bicyclic) bond motifs is 1. The monoisotopic (exact) mass is 382 g/mol. The Labute approximate surface area is 161 Å². The highest BCUT2D eigenvalue weighted by atomic mass is 35.5. The molecule has 138 valence electrons. The van der Waals surface area contributed by atoms with Crippen LogP contribution >= 0.6 is 11.6 Å². The van der Waals surface area contributed by atoms with E-state index in [0.717, 1.165) is 36.1 Å². The Bertz CT molecular complexity index is 1100. The topological polar surface area (TPSA) is 72.0 Å². The number of nitrogens with one attached hydrogen (secondary N) is 1. The van der Waals surface area contributed by atoms with Crippen molar-refractivity contribution in [3.05, 3.63) is 63.0 Å². The highest BCUT2D eigenvalue weighted by Crippen LogP contribution is 2.27. The zero-order valence-electron chi connectivity index (χ0n) is 14.9. The van der Waals surface area contributed by atoms with Crippen LogP contribution in [0.4, 0.5) is 0 Å². The van der Waals surface area contributed by atoms with E-state index in [1.165, 1.54) is 0 Å². The van der Waals surface area contributed by atoms with E-state index in [1.807, 2.05) is 16.7 Å². The maximum absolute atomic E-state index is 13.2. The fraction of sp³-hybridized carbons (Fsp3) is 0.300. The first-order chi connectivity index (χ1) is 13.1. The van der Waals surface area contributed by atoms with Crippen LogP contribution in [0.3, 0.4) is 0 Å². The normalized spacial score (nSPS) is 16.6. The summed E-state index contributed by atoms with van der Waals surface area (Å²) in [7, 11) is 1.57. The number of hydrogen-bond donors (Lipinski definition) is 1. The zero-order valence-corrected chi connectivity index (χ0v) is 15.7. The summed E-state index contributed by atoms with van der Waals surface area (Å²) < 4.78 is 8.76. The summed E-state index contributed by atoms with van der Waals surface area (Å²) in [6, 6.07) is 13.2. The van der Waals surface area contributed by atoms with Crippen LogP contribution in [-0.2, 0) is 6.54 Å². The number of benzene rings is 2. The van der Waals surface area contributed by atoms with Crippen LogP contribution < -0.4 is 15.7 Å². The van der Waals surface area contributed by atoms with Gasteiger partial charge in [0.15, 0.2) is 0 Å². The Hall–Kier alpha value is -2.75. The first-order valence-corrected chi connectivity index (χ1v) is 9.18. The maximum atomic E-state index is 13.2. The largest absolute Gasteiger partial charge is 0.495 e. The van der Waals surface area contributed by atoms with Crippen LogP contribution in [-0.4, -0.2) is 29.3 Å². The van der Waals surface area contributed by atoms with Crippen molar-refractivity contribution in [3.8, 4) is 11.8 Å². The Morgan fingerprint density at radius 2 is 2.15 bits per heavy atom. The lowest BCUT2D eigenvalue weighted by atomic mass is 10.2. The van der Waals surface area contributed by atoms with E-state index in [4.69, 9.17) is 16.3 Å². The first kappa shape index (κ1) is 17.7. The molecule has 1 saturated heterocycles. The minimum atomic E-state index is -0.0688. The van der Waals surface area contributed by atoms with Crippen LogP contribution in [0.1, 0.15) is 23.6 Å². The standard InChI is InChI=1S/C20H19ClN4O2/c1-27-19-5-3-14(8-16(19)21)12-24-18-9-13(10-22)2-4-17(18)25(20(24)26)15-6-7-23-11-15/h2-5,8-9,15,23H,6-7,11-12H2,1H3. The number of ether oxygens (including phenoxy) is 1. The summed E-state index contributed by atoms with van der Waals surface area (Å²) in [4.78, 5) is 13.2. The molecule has 1 unspecified atom stereocenters. The molecule has 1 N–H and O–H groups in total. The number of aromatic nitrogens is 2. The summed E-state index contributed by atoms with van der Waals surface area (Å²) in [5.74, 6) is 0.596. The Kier molecular flexibility index (Phi) is 4.65. The average molecular weight is 383 g/mol. The van der Waals surface area contributed by atoms with E-state index in [1.54, 1.807) is 35.9 Å². The number of halogens is 1. The molecule has 0 amide bonds. The Balaban J connectivity index is 1.86. The molecule has 1 fully saturated rings. The number of hydrogen-bond acceptors (Lipinski definition) is 4. The van der Waals surface area contributed by atoms with Crippen LogP contribution in [0.2, 0.25) is 5.02 Å². The molecule has 2 aromatic carbocycles. The molecule has 0 radical (unpaired) electrons. The van der Waals surface area contributed by atoms with Crippen molar-refractivity contribution in [3.63, 3.8) is 0 Å². The van der Waals surface area contributed by atoms with Crippen molar-refractivity contribution < 1.29 is 4.74 Å². The molecule has 1 aromatic heterocycles. The van der Waals surface area contributed by atoms with Gasteiger partial charge < -0.3 is 10.1 Å². The predicted molar refractivity (Wildman–Crippen MR) is 105 cm³/mol. The molecule has 1 aliphatic heterocycles. The number of methoxy groups -OCH3 is 1. The van der Waals surface area contributed by atoms with Crippen LogP contribution in [0, 0.1) is 11.3 Å². The zero-order chi connectivity index (χ0) is 19.0. The van der Waals surface area contributed by atoms with E-state index in [-0.39, 0.29) is 11.7 Å². The van der Waals surface area contributed by atoms with Gasteiger partial charge in [0.25, 0.3) is 0 Å². The highest BCUT2D eigenvalue weighted by Gasteiger charge is 2.23. The van der Waals surface area contributed by atoms with Crippen LogP contribution in [0.15, 0.2) is 41.2 Å². The summed E-state index contributed by atoms with van der Waals surface area (Å²) in [6.45, 7) is 2.04. The van der Waals surface area contributed by atoms with Gasteiger partial charge in [0, 0.05) is 6.54 Å². The Morgan fingerprint density at radius 3 is 2.81 bits per heavy atom. The predicted octanol–water partition coefficient (Wildman–Crippen LogP) is 2.92. The summed E-state index contributed by atoms with van der Waals surface area (Å²) in [5, 5.41) is 13.1. The van der Waals surface area contributed by atoms with Crippen molar-refractivity contribution in [2.45, 2.75) is 19.0 Å². The van der Waals surface area contributed by atoms with Gasteiger partial charge in [-0.2, -0.15) is 5.26 Å². The summed E-state index contributed by atoms with van der Waals surface area (Å²) >= 11 is 6.24. The van der Waals surface area contributed by atoms with Crippen molar-refractivity contribution in [1.29, 1.82) is 5.26 Å². The molecule has 4 rings (SSSR count). The van der Waals surface area contributed by atoms with Crippen LogP contribution in [0.25, 0.3) is 11.0 Å². The van der Waals surface area contributed by atoms with Gasteiger partial charge in [-0.1, -0.05) is 17.7 Å². The molecule has 1 atom stereocenters. The van der Waals surface area contributed by atoms with Gasteiger partial charge >= 0.3 is 5.69 Å². The number of imidazole rings is 1. The van der Waals surface area contributed by atoms with E-state index in [0.29, 0.717) is 22.9 Å². The molecule has 0 aliphatic carbocycles. The molecule has 27 heavy (non-hydrogen) atoms. The lowest BCUT2D eigenvalue weighted by Crippen LogP contribution is -2.28. The number of nitriles is 1. The smallest absolute Gasteiger partial charge is 0.329 e. The van der Waals surface area contributed by atoms with Gasteiger partial charge in [-0.3, -0.25) is 9.13 Å². The van der Waals surface area contributed by atoms with Crippen LogP contribution in [0.5, 0.6) is 5.75 Å². The number of nitrogens with zero attached hydrogens (tertiary/aromatic N) is 3. The number of rotatable bonds is 4. The van der Waals surface area contributed by atoms with Gasteiger partial charge in [0.1, 0.15) is 5.75 Å². The molecular weight excluding hydrogens is 364 g/mol. The third-order valence-electron chi connectivity index (χ3n) is 5.05. The van der Waals surface area contributed by atoms with Gasteiger partial charge in [0.2, 0.25) is 0 Å². The summed E-state index contributed by atoms with van der Waals surface area (Å²) in [6.07, 6.45) is 0.910. The average Bonchev–Trinajstić information content (AvgIpc) is 3.28. The minimum absolute atomic E-state index is 0.0688. The maximum Gasteiger partial charge on any atom is 0.329 e. The highest BCUT2D eigenvalue weighted by molar-refractivity contribution is 6.32. The van der Waals surface area contributed by atoms with E-state index >= 15 is 0 Å². The Morgan fingerprint density at radius 1 is 1.30 bits per heavy atom. The SMILES string of the molecule is COc1ccc(Cn2c(=O)n(C3CCNC3)c3ccc(C#N)cc32)cc1Cl. The lowest BCUT2D eigenvalue weighted by molar-refractivity contribution is 0.415. The second-order valence-electron chi connectivity index (χ2n) is 6.67. The quantitative estimate of drug-likeness (QED) is 0.753. The molecule has 0 spiro atoms. The molecular formula is C20H19ClN4O2. The van der Waals surface area contributed by atoms with Gasteiger partial charge in [0.05, 0.1) is 47.4 Å². The molecule has 0 saturated carbocycles. The second-order valence-corrected chi connectivity index (χ2v) is 7.08. The third kappa shape index (κ3) is 3.09. The van der Waals surface area contributed by atoms with Crippen molar-refractivity contribution in [2.24, 2.45) is 0 Å². The van der Waals surface area contributed by atoms with Gasteiger partial charge in [-0.15, -0.1) is 0 Å². The first-order valence-electron chi connectivity index (χ1n) is 8.80. The second kappa shape index (κ2) is 7.10. The van der Waals surface area contributed by atoms with E-state index in [9.17, 15) is 10.1 Å². The van der Waals surface area contributed by atoms with Gasteiger partial charge in [-0.25, -0.2) is 4.79 Å². The molecule has 6 nitrogen and oxygen atoms in total. The molecule has 1 aliphatic rings. The molecule has 7 heteroatoms. The van der Waals surface area contributed by atoms with Gasteiger partial charge in [-0.05, 0) is 48.9 Å². The lowest BCUT2D eigenvalue weighted by Gasteiger charge is -2.10. The van der Waals surface area contributed by atoms with E-state index < -0.39 is 0 Å². The minimum Gasteiger partial charge on any atom is -0.495 e. The van der Waals surface area contributed by atoms with Crippen molar-refractivity contribution in [1.82, 2.24) is 14.5 Å².